The van der Waals surface area contributed by atoms with Gasteiger partial charge >= 0.3 is 12.1 Å². The second-order valence-electron chi connectivity index (χ2n) is 6.28. The molecule has 0 bridgehead atoms. The molecule has 0 aliphatic carbocycles. The van der Waals surface area contributed by atoms with Gasteiger partial charge in [0.05, 0.1) is 11.8 Å². The highest BCUT2D eigenvalue weighted by Gasteiger charge is 2.53. The molecule has 2 amide bonds. The fourth-order valence-electron chi connectivity index (χ4n) is 3.33. The lowest BCUT2D eigenvalue weighted by Gasteiger charge is -2.22. The number of carboxylic acids is 1. The number of halogens is 3. The first-order chi connectivity index (χ1) is 12.1. The molecule has 26 heavy (non-hydrogen) atoms. The minimum atomic E-state index is -4.72. The lowest BCUT2D eigenvalue weighted by molar-refractivity contribution is -0.188. The van der Waals surface area contributed by atoms with Gasteiger partial charge in [0.25, 0.3) is 5.91 Å². The Morgan fingerprint density at radius 3 is 2.31 bits per heavy atom. The maximum Gasteiger partial charge on any atom is 0.394 e. The van der Waals surface area contributed by atoms with Gasteiger partial charge in [-0.05, 0) is 6.07 Å². The number of carboxylic acid groups (broad SMARTS) is 1. The number of aliphatic carboxylic acids is 1. The number of hydrogen-bond acceptors (Lipinski definition) is 3. The molecule has 9 heteroatoms. The normalized spacial score (nSPS) is 22.7. The number of carbonyl (C=O) groups excluding carboxylic acids is 2. The smallest absolute Gasteiger partial charge is 0.394 e. The molecule has 0 aromatic heterocycles. The molecule has 0 radical (unpaired) electrons. The largest absolute Gasteiger partial charge is 0.481 e. The van der Waals surface area contributed by atoms with Gasteiger partial charge < -0.3 is 10.0 Å². The summed E-state index contributed by atoms with van der Waals surface area (Å²) in [6.07, 6.45) is -4.72. The molecule has 2 aliphatic rings. The zero-order chi connectivity index (χ0) is 19.2. The van der Waals surface area contributed by atoms with E-state index in [1.165, 1.54) is 0 Å². The highest BCUT2D eigenvalue weighted by atomic mass is 19.4. The number of carbonyl (C=O) groups is 3. The van der Waals surface area contributed by atoms with Gasteiger partial charge in [0.2, 0.25) is 5.91 Å². The Balaban J connectivity index is 1.75. The summed E-state index contributed by atoms with van der Waals surface area (Å²) in [5.74, 6) is -6.64. The molecule has 1 saturated heterocycles. The molecule has 1 N–H and O–H groups in total. The quantitative estimate of drug-likeness (QED) is 0.883. The first kappa shape index (κ1) is 18.0. The van der Waals surface area contributed by atoms with E-state index in [9.17, 15) is 27.6 Å². The van der Waals surface area contributed by atoms with E-state index in [0.717, 1.165) is 9.80 Å². The van der Waals surface area contributed by atoms with Crippen molar-refractivity contribution in [2.24, 2.45) is 11.8 Å². The predicted molar refractivity (Wildman–Crippen MR) is 83.8 cm³/mol. The van der Waals surface area contributed by atoms with Gasteiger partial charge in [-0.1, -0.05) is 24.8 Å². The Bertz CT molecular complexity index is 770. The fraction of sp³-hybridized carbons (Fsp3) is 0.353. The zero-order valence-electron chi connectivity index (χ0n) is 13.5. The van der Waals surface area contributed by atoms with Crippen LogP contribution in [0, 0.1) is 11.8 Å². The molecule has 1 aromatic rings. The standard InChI is InChI=1S/C17H15F3N2O4/c1-9-10-4-2-3-5-11(10)15(24)22(9)8-14(23)21-6-12(16(25)26)13(7-21)17(18,19)20/h2-5,12-13H,1,6-8H2,(H,25,26)/t12-,13-/m1/s1. The lowest BCUT2D eigenvalue weighted by Crippen LogP contribution is -2.39. The maximum absolute atomic E-state index is 13.0. The summed E-state index contributed by atoms with van der Waals surface area (Å²) in [7, 11) is 0. The van der Waals surface area contributed by atoms with Crippen molar-refractivity contribution in [3.63, 3.8) is 0 Å². The highest BCUT2D eigenvalue weighted by Crippen LogP contribution is 2.38. The van der Waals surface area contributed by atoms with Crippen LogP contribution in [0.3, 0.4) is 0 Å². The summed E-state index contributed by atoms with van der Waals surface area (Å²) in [6, 6.07) is 6.59. The molecule has 3 rings (SSSR count). The Morgan fingerprint density at radius 1 is 1.19 bits per heavy atom. The molecule has 2 heterocycles. The van der Waals surface area contributed by atoms with Gasteiger partial charge in [-0.25, -0.2) is 0 Å². The van der Waals surface area contributed by atoms with Crippen molar-refractivity contribution in [1.29, 1.82) is 0 Å². The molecule has 138 valence electrons. The Morgan fingerprint density at radius 2 is 1.81 bits per heavy atom. The Kier molecular flexibility index (Phi) is 4.25. The van der Waals surface area contributed by atoms with Gasteiger partial charge in [0, 0.05) is 29.9 Å². The van der Waals surface area contributed by atoms with E-state index in [0.29, 0.717) is 16.8 Å². The highest BCUT2D eigenvalue weighted by molar-refractivity contribution is 6.10. The molecule has 0 saturated carbocycles. The van der Waals surface area contributed by atoms with Crippen molar-refractivity contribution in [1.82, 2.24) is 9.80 Å². The van der Waals surface area contributed by atoms with Crippen LogP contribution in [0.2, 0.25) is 0 Å². The Hall–Kier alpha value is -2.84. The third-order valence-corrected chi connectivity index (χ3v) is 4.74. The molecule has 6 nitrogen and oxygen atoms in total. The van der Waals surface area contributed by atoms with Crippen LogP contribution < -0.4 is 0 Å². The monoisotopic (exact) mass is 368 g/mol. The van der Waals surface area contributed by atoms with Crippen molar-refractivity contribution >= 4 is 23.5 Å². The van der Waals surface area contributed by atoms with E-state index >= 15 is 0 Å². The average molecular weight is 368 g/mol. The molecule has 0 unspecified atom stereocenters. The number of amides is 2. The van der Waals surface area contributed by atoms with E-state index in [1.54, 1.807) is 24.3 Å². The number of likely N-dealkylation sites (tertiary alicyclic amines) is 1. The third-order valence-electron chi connectivity index (χ3n) is 4.74. The van der Waals surface area contributed by atoms with Crippen molar-refractivity contribution in [2.45, 2.75) is 6.18 Å². The number of nitrogens with zero attached hydrogens (tertiary/aromatic N) is 2. The molecular formula is C17H15F3N2O4. The van der Waals surface area contributed by atoms with E-state index < -0.39 is 55.4 Å². The van der Waals surface area contributed by atoms with Gasteiger partial charge in [-0.3, -0.25) is 19.3 Å². The topological polar surface area (TPSA) is 77.9 Å². The first-order valence-corrected chi connectivity index (χ1v) is 7.78. The summed E-state index contributed by atoms with van der Waals surface area (Å²) < 4.78 is 39.1. The van der Waals surface area contributed by atoms with Crippen LogP contribution >= 0.6 is 0 Å². The van der Waals surface area contributed by atoms with Gasteiger partial charge in [0.1, 0.15) is 6.54 Å². The summed E-state index contributed by atoms with van der Waals surface area (Å²) in [5, 5.41) is 9.02. The van der Waals surface area contributed by atoms with Crippen LogP contribution in [-0.2, 0) is 9.59 Å². The maximum atomic E-state index is 13.0. The summed E-state index contributed by atoms with van der Waals surface area (Å²) in [4.78, 5) is 37.8. The molecule has 0 spiro atoms. The molecule has 1 fully saturated rings. The number of rotatable bonds is 3. The van der Waals surface area contributed by atoms with Crippen molar-refractivity contribution in [3.8, 4) is 0 Å². The molecule has 2 atom stereocenters. The van der Waals surface area contributed by atoms with Gasteiger partial charge in [-0.2, -0.15) is 13.2 Å². The average Bonchev–Trinajstić information content (AvgIpc) is 3.12. The van der Waals surface area contributed by atoms with E-state index in [2.05, 4.69) is 6.58 Å². The second kappa shape index (κ2) is 6.15. The SMILES string of the molecule is C=C1c2ccccc2C(=O)N1CC(=O)N1C[C@@H](C(F)(F)F)[C@H](C(=O)O)C1. The number of fused-ring (bicyclic) bond motifs is 1. The molecule has 1 aromatic carbocycles. The molecule has 2 aliphatic heterocycles. The van der Waals surface area contributed by atoms with E-state index in [4.69, 9.17) is 5.11 Å². The lowest BCUT2D eigenvalue weighted by atomic mass is 9.96. The van der Waals surface area contributed by atoms with Crippen molar-refractivity contribution in [3.05, 3.63) is 42.0 Å². The number of benzene rings is 1. The van der Waals surface area contributed by atoms with Gasteiger partial charge in [-0.15, -0.1) is 0 Å². The van der Waals surface area contributed by atoms with Crippen LogP contribution in [0.5, 0.6) is 0 Å². The summed E-state index contributed by atoms with van der Waals surface area (Å²) in [6.45, 7) is 2.00. The summed E-state index contributed by atoms with van der Waals surface area (Å²) >= 11 is 0. The summed E-state index contributed by atoms with van der Waals surface area (Å²) in [5.41, 5.74) is 1.21. The van der Waals surface area contributed by atoms with Crippen LogP contribution in [-0.4, -0.2) is 58.5 Å². The van der Waals surface area contributed by atoms with Crippen LogP contribution in [0.4, 0.5) is 13.2 Å². The van der Waals surface area contributed by atoms with Crippen molar-refractivity contribution < 1.29 is 32.7 Å². The van der Waals surface area contributed by atoms with Gasteiger partial charge in [0.15, 0.2) is 0 Å². The van der Waals surface area contributed by atoms with E-state index in [-0.39, 0.29) is 0 Å². The Labute approximate surface area is 146 Å². The zero-order valence-corrected chi connectivity index (χ0v) is 13.5. The number of alkyl halides is 3. The second-order valence-corrected chi connectivity index (χ2v) is 6.28. The minimum Gasteiger partial charge on any atom is -0.481 e. The van der Waals surface area contributed by atoms with Crippen LogP contribution in [0.1, 0.15) is 15.9 Å². The van der Waals surface area contributed by atoms with Crippen LogP contribution in [0.15, 0.2) is 30.8 Å². The predicted octanol–water partition coefficient (Wildman–Crippen LogP) is 1.83. The molecular weight excluding hydrogens is 353 g/mol. The fourth-order valence-corrected chi connectivity index (χ4v) is 3.33. The van der Waals surface area contributed by atoms with E-state index in [1.807, 2.05) is 0 Å². The first-order valence-electron chi connectivity index (χ1n) is 7.78. The van der Waals surface area contributed by atoms with Crippen LogP contribution in [0.25, 0.3) is 5.70 Å². The minimum absolute atomic E-state index is 0.292. The van der Waals surface area contributed by atoms with Crippen molar-refractivity contribution in [2.75, 3.05) is 19.6 Å². The third kappa shape index (κ3) is 2.93. The number of hydrogen-bond donors (Lipinski definition) is 1.